The fraction of sp³-hybridized carbons (Fsp3) is 0.467. The summed E-state index contributed by atoms with van der Waals surface area (Å²) >= 11 is 3.12. The second kappa shape index (κ2) is 6.25. The molecule has 2 aromatic heterocycles. The van der Waals surface area contributed by atoms with Crippen LogP contribution in [0.2, 0.25) is 0 Å². The molecule has 3 heterocycles. The zero-order valence-corrected chi connectivity index (χ0v) is 13.9. The lowest BCUT2D eigenvalue weighted by Crippen LogP contribution is -2.30. The van der Waals surface area contributed by atoms with Crippen LogP contribution in [0.25, 0.3) is 0 Å². The molecule has 0 saturated heterocycles. The number of aryl methyl sites for hydroxylation is 2. The fourth-order valence-corrected chi connectivity index (χ4v) is 4.38. The molecule has 0 fully saturated rings. The summed E-state index contributed by atoms with van der Waals surface area (Å²) in [5.74, 6) is 0.0918. The van der Waals surface area contributed by atoms with Crippen LogP contribution in [0.4, 0.5) is 5.00 Å². The van der Waals surface area contributed by atoms with Gasteiger partial charge in [-0.25, -0.2) is 4.98 Å². The van der Waals surface area contributed by atoms with Gasteiger partial charge in [-0.3, -0.25) is 9.69 Å². The Balaban J connectivity index is 1.89. The maximum absolute atomic E-state index is 12.8. The Bertz CT molecular complexity index is 648. The molecule has 2 aromatic rings. The Morgan fingerprint density at radius 3 is 3.14 bits per heavy atom. The maximum Gasteiger partial charge on any atom is 0.269 e. The van der Waals surface area contributed by atoms with Crippen LogP contribution >= 0.6 is 22.7 Å². The molecule has 4 nitrogen and oxygen atoms in total. The van der Waals surface area contributed by atoms with E-state index in [2.05, 4.69) is 4.98 Å². The molecular formula is C15H18N2O2S2. The molecule has 1 aliphatic heterocycles. The first-order valence-electron chi connectivity index (χ1n) is 7.03. The van der Waals surface area contributed by atoms with E-state index in [0.29, 0.717) is 6.61 Å². The summed E-state index contributed by atoms with van der Waals surface area (Å²) in [7, 11) is 1.67. The quantitative estimate of drug-likeness (QED) is 0.866. The van der Waals surface area contributed by atoms with E-state index in [4.69, 9.17) is 4.74 Å². The van der Waals surface area contributed by atoms with Gasteiger partial charge in [-0.1, -0.05) is 0 Å². The van der Waals surface area contributed by atoms with Crippen LogP contribution in [-0.4, -0.2) is 24.5 Å². The van der Waals surface area contributed by atoms with Gasteiger partial charge < -0.3 is 4.74 Å². The lowest BCUT2D eigenvalue weighted by atomic mass is 10.2. The normalized spacial score (nSPS) is 14.9. The van der Waals surface area contributed by atoms with Crippen LogP contribution in [0.5, 0.6) is 0 Å². The van der Waals surface area contributed by atoms with E-state index < -0.39 is 0 Å². The van der Waals surface area contributed by atoms with E-state index >= 15 is 0 Å². The monoisotopic (exact) mass is 322 g/mol. The third-order valence-corrected chi connectivity index (χ3v) is 5.50. The Morgan fingerprint density at radius 2 is 2.33 bits per heavy atom. The van der Waals surface area contributed by atoms with Crippen molar-refractivity contribution in [1.82, 2.24) is 4.98 Å². The molecule has 0 aliphatic carbocycles. The largest absolute Gasteiger partial charge is 0.380 e. The van der Waals surface area contributed by atoms with E-state index in [1.165, 1.54) is 11.3 Å². The Morgan fingerprint density at radius 1 is 1.48 bits per heavy atom. The molecule has 1 aliphatic rings. The van der Waals surface area contributed by atoms with Gasteiger partial charge >= 0.3 is 0 Å². The van der Waals surface area contributed by atoms with Crippen molar-refractivity contribution in [3.05, 3.63) is 32.6 Å². The van der Waals surface area contributed by atoms with E-state index in [0.717, 1.165) is 52.0 Å². The Labute approximate surface area is 132 Å². The number of methoxy groups -OCH3 is 1. The minimum Gasteiger partial charge on any atom is -0.380 e. The van der Waals surface area contributed by atoms with Crippen LogP contribution < -0.4 is 4.90 Å². The number of aromatic nitrogens is 1. The molecule has 0 bridgehead atoms. The summed E-state index contributed by atoms with van der Waals surface area (Å²) in [5, 5.41) is 4.07. The number of ether oxygens (including phenoxy) is 1. The summed E-state index contributed by atoms with van der Waals surface area (Å²) in [6.07, 6.45) is 3.10. The van der Waals surface area contributed by atoms with Crippen molar-refractivity contribution in [3.8, 4) is 0 Å². The zero-order valence-electron chi connectivity index (χ0n) is 12.2. The predicted octanol–water partition coefficient (Wildman–Crippen LogP) is 3.64. The van der Waals surface area contributed by atoms with E-state index in [-0.39, 0.29) is 5.91 Å². The number of thiophene rings is 1. The van der Waals surface area contributed by atoms with E-state index in [1.807, 2.05) is 23.3 Å². The Kier molecular flexibility index (Phi) is 4.37. The van der Waals surface area contributed by atoms with Gasteiger partial charge in [0, 0.05) is 13.7 Å². The lowest BCUT2D eigenvalue weighted by molar-refractivity contribution is 0.0991. The summed E-state index contributed by atoms with van der Waals surface area (Å²) in [4.78, 5) is 20.1. The predicted molar refractivity (Wildman–Crippen MR) is 86.5 cm³/mol. The summed E-state index contributed by atoms with van der Waals surface area (Å²) < 4.78 is 5.12. The number of thiazole rings is 1. The van der Waals surface area contributed by atoms with Crippen LogP contribution in [0.15, 0.2) is 11.4 Å². The second-order valence-electron chi connectivity index (χ2n) is 5.15. The molecule has 3 rings (SSSR count). The van der Waals surface area contributed by atoms with Gasteiger partial charge in [-0.05, 0) is 43.2 Å². The standard InChI is InChI=1S/C15H18N2O2S2/c1-10-16-12-5-3-4-6-17(15(12)21-10)14(18)13-7-11(8-19-2)9-20-13/h7,9H,3-6,8H2,1-2H3. The van der Waals surface area contributed by atoms with Crippen molar-refractivity contribution >= 4 is 33.6 Å². The van der Waals surface area contributed by atoms with Crippen molar-refractivity contribution in [3.63, 3.8) is 0 Å². The molecule has 0 radical (unpaired) electrons. The van der Waals surface area contributed by atoms with Crippen molar-refractivity contribution in [2.24, 2.45) is 0 Å². The molecule has 0 spiro atoms. The van der Waals surface area contributed by atoms with Gasteiger partial charge in [0.1, 0.15) is 5.00 Å². The number of hydrogen-bond acceptors (Lipinski definition) is 5. The van der Waals surface area contributed by atoms with Gasteiger partial charge in [0.25, 0.3) is 5.91 Å². The van der Waals surface area contributed by atoms with E-state index in [9.17, 15) is 4.79 Å². The highest BCUT2D eigenvalue weighted by atomic mass is 32.1. The molecule has 0 aromatic carbocycles. The fourth-order valence-electron chi connectivity index (χ4n) is 2.55. The van der Waals surface area contributed by atoms with Crippen LogP contribution in [-0.2, 0) is 17.8 Å². The molecule has 21 heavy (non-hydrogen) atoms. The number of amides is 1. The van der Waals surface area contributed by atoms with Crippen molar-refractivity contribution in [2.45, 2.75) is 32.8 Å². The van der Waals surface area contributed by atoms with Gasteiger partial charge in [-0.15, -0.1) is 22.7 Å². The van der Waals surface area contributed by atoms with Crippen LogP contribution in [0.1, 0.15) is 38.8 Å². The smallest absolute Gasteiger partial charge is 0.269 e. The average Bonchev–Trinajstić information content (AvgIpc) is 3.01. The van der Waals surface area contributed by atoms with Crippen LogP contribution in [0.3, 0.4) is 0 Å². The molecule has 0 saturated carbocycles. The first-order chi connectivity index (χ1) is 10.2. The highest BCUT2D eigenvalue weighted by Crippen LogP contribution is 2.34. The molecule has 112 valence electrons. The molecule has 0 N–H and O–H groups in total. The molecule has 0 unspecified atom stereocenters. The maximum atomic E-state index is 12.8. The zero-order chi connectivity index (χ0) is 14.8. The summed E-state index contributed by atoms with van der Waals surface area (Å²) in [6.45, 7) is 3.34. The summed E-state index contributed by atoms with van der Waals surface area (Å²) in [5.41, 5.74) is 2.14. The number of fused-ring (bicyclic) bond motifs is 1. The number of rotatable bonds is 3. The molecule has 6 heteroatoms. The first kappa shape index (κ1) is 14.7. The van der Waals surface area contributed by atoms with E-state index in [1.54, 1.807) is 18.4 Å². The van der Waals surface area contributed by atoms with Gasteiger partial charge in [-0.2, -0.15) is 0 Å². The number of nitrogens with zero attached hydrogens (tertiary/aromatic N) is 2. The third-order valence-electron chi connectivity index (χ3n) is 3.49. The minimum absolute atomic E-state index is 0.0918. The van der Waals surface area contributed by atoms with Crippen molar-refractivity contribution < 1.29 is 9.53 Å². The number of hydrogen-bond donors (Lipinski definition) is 0. The van der Waals surface area contributed by atoms with Gasteiger partial charge in [0.15, 0.2) is 0 Å². The SMILES string of the molecule is COCc1csc(C(=O)N2CCCCc3nc(C)sc32)c1. The lowest BCUT2D eigenvalue weighted by Gasteiger charge is -2.18. The van der Waals surface area contributed by atoms with Crippen molar-refractivity contribution in [2.75, 3.05) is 18.6 Å². The number of anilines is 1. The highest BCUT2D eigenvalue weighted by Gasteiger charge is 2.26. The molecule has 0 atom stereocenters. The number of carbonyl (C=O) groups excluding carboxylic acids is 1. The summed E-state index contributed by atoms with van der Waals surface area (Å²) in [6, 6.07) is 1.94. The van der Waals surface area contributed by atoms with Gasteiger partial charge in [0.05, 0.1) is 22.2 Å². The number of carbonyl (C=O) groups is 1. The third kappa shape index (κ3) is 3.02. The van der Waals surface area contributed by atoms with Crippen LogP contribution in [0, 0.1) is 6.92 Å². The molecular weight excluding hydrogens is 304 g/mol. The minimum atomic E-state index is 0.0918. The highest BCUT2D eigenvalue weighted by molar-refractivity contribution is 7.16. The first-order valence-corrected chi connectivity index (χ1v) is 8.73. The second-order valence-corrected chi connectivity index (χ2v) is 7.24. The topological polar surface area (TPSA) is 42.4 Å². The Hall–Kier alpha value is -1.24. The van der Waals surface area contributed by atoms with Crippen molar-refractivity contribution in [1.29, 1.82) is 0 Å². The van der Waals surface area contributed by atoms with Gasteiger partial charge in [0.2, 0.25) is 0 Å². The molecule has 1 amide bonds. The average molecular weight is 322 g/mol.